The normalized spacial score (nSPS) is 9.82. The summed E-state index contributed by atoms with van der Waals surface area (Å²) in [6.45, 7) is 2.80. The Morgan fingerprint density at radius 2 is 2.24 bits per heavy atom. The van der Waals surface area contributed by atoms with Crippen molar-refractivity contribution in [3.8, 4) is 0 Å². The molecule has 0 saturated heterocycles. The predicted molar refractivity (Wildman–Crippen MR) is 71.5 cm³/mol. The number of nitrogens with zero attached hydrogens (tertiary/aromatic N) is 1. The summed E-state index contributed by atoms with van der Waals surface area (Å²) in [5, 5.41) is 2.73. The minimum Gasteiger partial charge on any atom is -0.365 e. The molecule has 1 rings (SSSR count). The Morgan fingerprint density at radius 1 is 1.53 bits per heavy atom. The zero-order valence-corrected chi connectivity index (χ0v) is 11.5. The Labute approximate surface area is 109 Å². The molecule has 0 atom stereocenters. The molecule has 0 bridgehead atoms. The van der Waals surface area contributed by atoms with E-state index in [-0.39, 0.29) is 5.91 Å². The summed E-state index contributed by atoms with van der Waals surface area (Å²) in [5.74, 6) is -0.0226. The van der Waals surface area contributed by atoms with Crippen LogP contribution in [0.1, 0.15) is 17.3 Å². The molecule has 92 valence electrons. The molecule has 17 heavy (non-hydrogen) atoms. The van der Waals surface area contributed by atoms with Crippen LogP contribution < -0.4 is 10.2 Å². The molecule has 0 heterocycles. The second-order valence-corrected chi connectivity index (χ2v) is 4.49. The van der Waals surface area contributed by atoms with E-state index in [1.807, 2.05) is 31.0 Å². The molecule has 1 amide bonds. The van der Waals surface area contributed by atoms with E-state index < -0.39 is 0 Å². The number of rotatable bonds is 5. The van der Waals surface area contributed by atoms with Gasteiger partial charge in [-0.15, -0.1) is 0 Å². The van der Waals surface area contributed by atoms with Crippen molar-refractivity contribution in [3.63, 3.8) is 0 Å². The fourth-order valence-corrected chi connectivity index (χ4v) is 1.87. The van der Waals surface area contributed by atoms with E-state index in [9.17, 15) is 9.59 Å². The first-order valence-electron chi connectivity index (χ1n) is 5.31. The third kappa shape index (κ3) is 3.85. The molecular formula is C12H15BrN2O2. The zero-order valence-electron chi connectivity index (χ0n) is 9.87. The molecule has 0 aliphatic carbocycles. The minimum atomic E-state index is -0.0226. The molecule has 1 N–H and O–H groups in total. The van der Waals surface area contributed by atoms with Gasteiger partial charge in [-0.3, -0.25) is 9.59 Å². The summed E-state index contributed by atoms with van der Waals surface area (Å²) in [7, 11) is 1.83. The Kier molecular flexibility index (Phi) is 5.15. The van der Waals surface area contributed by atoms with Crippen molar-refractivity contribution in [1.82, 2.24) is 5.32 Å². The van der Waals surface area contributed by atoms with Crippen molar-refractivity contribution in [2.24, 2.45) is 0 Å². The van der Waals surface area contributed by atoms with Crippen LogP contribution in [0.5, 0.6) is 0 Å². The molecule has 0 aliphatic heterocycles. The molecule has 0 aromatic heterocycles. The fraction of sp³-hybridized carbons (Fsp3) is 0.333. The van der Waals surface area contributed by atoms with Crippen LogP contribution in [0.15, 0.2) is 22.7 Å². The number of hydrogen-bond donors (Lipinski definition) is 1. The number of carbonyl (C=O) groups is 2. The van der Waals surface area contributed by atoms with Crippen molar-refractivity contribution in [2.45, 2.75) is 6.92 Å². The van der Waals surface area contributed by atoms with Crippen LogP contribution in [0.2, 0.25) is 0 Å². The van der Waals surface area contributed by atoms with E-state index in [1.165, 1.54) is 0 Å². The monoisotopic (exact) mass is 298 g/mol. The molecule has 1 aromatic rings. The van der Waals surface area contributed by atoms with Crippen LogP contribution in [-0.2, 0) is 4.79 Å². The lowest BCUT2D eigenvalue weighted by Gasteiger charge is -2.19. The molecule has 4 nitrogen and oxygen atoms in total. The molecular weight excluding hydrogens is 284 g/mol. The lowest BCUT2D eigenvalue weighted by Crippen LogP contribution is -2.34. The van der Waals surface area contributed by atoms with E-state index in [1.54, 1.807) is 6.07 Å². The number of benzene rings is 1. The minimum absolute atomic E-state index is 0.0226. The number of halogens is 1. The summed E-state index contributed by atoms with van der Waals surface area (Å²) >= 11 is 3.31. The number of nitrogens with one attached hydrogen (secondary N) is 1. The Hall–Kier alpha value is -1.36. The molecule has 0 radical (unpaired) electrons. The van der Waals surface area contributed by atoms with Crippen LogP contribution in [0.4, 0.5) is 5.69 Å². The Balaban J connectivity index is 2.75. The number of amides is 1. The Morgan fingerprint density at radius 3 is 2.76 bits per heavy atom. The maximum Gasteiger partial charge on any atom is 0.239 e. The SMILES string of the molecule is CCNC(=O)CN(C)c1ccc(C=O)c(Br)c1. The zero-order chi connectivity index (χ0) is 12.8. The molecule has 0 spiro atoms. The van der Waals surface area contributed by atoms with E-state index in [2.05, 4.69) is 21.2 Å². The van der Waals surface area contributed by atoms with E-state index >= 15 is 0 Å². The summed E-state index contributed by atoms with van der Waals surface area (Å²) in [4.78, 5) is 23.9. The van der Waals surface area contributed by atoms with Crippen LogP contribution in [0, 0.1) is 0 Å². The predicted octanol–water partition coefficient (Wildman–Crippen LogP) is 1.83. The summed E-state index contributed by atoms with van der Waals surface area (Å²) in [6.07, 6.45) is 0.789. The van der Waals surface area contributed by atoms with E-state index in [0.717, 1.165) is 16.4 Å². The highest BCUT2D eigenvalue weighted by atomic mass is 79.9. The first-order valence-corrected chi connectivity index (χ1v) is 6.10. The third-order valence-electron chi connectivity index (χ3n) is 2.31. The summed E-state index contributed by atoms with van der Waals surface area (Å²) < 4.78 is 0.729. The Bertz CT molecular complexity index is 421. The maximum absolute atomic E-state index is 11.4. The number of anilines is 1. The highest BCUT2D eigenvalue weighted by molar-refractivity contribution is 9.10. The smallest absolute Gasteiger partial charge is 0.239 e. The van der Waals surface area contributed by atoms with E-state index in [4.69, 9.17) is 0 Å². The van der Waals surface area contributed by atoms with Gasteiger partial charge in [-0.25, -0.2) is 0 Å². The quantitative estimate of drug-likeness (QED) is 0.844. The highest BCUT2D eigenvalue weighted by Gasteiger charge is 2.08. The van der Waals surface area contributed by atoms with Gasteiger partial charge in [-0.2, -0.15) is 0 Å². The highest BCUT2D eigenvalue weighted by Crippen LogP contribution is 2.22. The lowest BCUT2D eigenvalue weighted by molar-refractivity contribution is -0.119. The number of aldehydes is 1. The lowest BCUT2D eigenvalue weighted by atomic mass is 10.2. The average molecular weight is 299 g/mol. The van der Waals surface area contributed by atoms with Crippen molar-refractivity contribution in [3.05, 3.63) is 28.2 Å². The van der Waals surface area contributed by atoms with Gasteiger partial charge < -0.3 is 10.2 Å². The summed E-state index contributed by atoms with van der Waals surface area (Å²) in [6, 6.07) is 5.36. The van der Waals surface area contributed by atoms with Crippen molar-refractivity contribution in [2.75, 3.05) is 25.0 Å². The number of likely N-dealkylation sites (N-methyl/N-ethyl adjacent to an activating group) is 2. The van der Waals surface area contributed by atoms with Gasteiger partial charge in [0.15, 0.2) is 6.29 Å². The molecule has 0 unspecified atom stereocenters. The van der Waals surface area contributed by atoms with Gasteiger partial charge >= 0.3 is 0 Å². The van der Waals surface area contributed by atoms with Crippen LogP contribution in [-0.4, -0.2) is 32.3 Å². The molecule has 0 saturated carbocycles. The van der Waals surface area contributed by atoms with Gasteiger partial charge in [-0.1, -0.05) is 0 Å². The van der Waals surface area contributed by atoms with Crippen molar-refractivity contribution < 1.29 is 9.59 Å². The van der Waals surface area contributed by atoms with Crippen molar-refractivity contribution in [1.29, 1.82) is 0 Å². The first kappa shape index (κ1) is 13.7. The standard InChI is InChI=1S/C12H15BrN2O2/c1-3-14-12(17)7-15(2)10-5-4-9(8-16)11(13)6-10/h4-6,8H,3,7H2,1-2H3,(H,14,17). The number of hydrogen-bond acceptors (Lipinski definition) is 3. The number of carbonyl (C=O) groups excluding carboxylic acids is 2. The second-order valence-electron chi connectivity index (χ2n) is 3.63. The van der Waals surface area contributed by atoms with Gasteiger partial charge in [0.25, 0.3) is 0 Å². The van der Waals surface area contributed by atoms with Crippen molar-refractivity contribution >= 4 is 33.8 Å². The van der Waals surface area contributed by atoms with Gasteiger partial charge in [0.05, 0.1) is 6.54 Å². The van der Waals surface area contributed by atoms with Gasteiger partial charge in [-0.05, 0) is 41.1 Å². The first-order chi connectivity index (χ1) is 8.08. The van der Waals surface area contributed by atoms with E-state index in [0.29, 0.717) is 18.7 Å². The van der Waals surface area contributed by atoms with Crippen LogP contribution in [0.3, 0.4) is 0 Å². The largest absolute Gasteiger partial charge is 0.365 e. The molecule has 0 aliphatic rings. The van der Waals surface area contributed by atoms with Gasteiger partial charge in [0.1, 0.15) is 0 Å². The molecule has 5 heteroatoms. The molecule has 1 aromatic carbocycles. The molecule has 0 fully saturated rings. The topological polar surface area (TPSA) is 49.4 Å². The van der Waals surface area contributed by atoms with Gasteiger partial charge in [0, 0.05) is 29.3 Å². The third-order valence-corrected chi connectivity index (χ3v) is 2.99. The fourth-order valence-electron chi connectivity index (χ4n) is 1.41. The summed E-state index contributed by atoms with van der Waals surface area (Å²) in [5.41, 5.74) is 1.48. The van der Waals surface area contributed by atoms with Gasteiger partial charge in [0.2, 0.25) is 5.91 Å². The van der Waals surface area contributed by atoms with Crippen LogP contribution in [0.25, 0.3) is 0 Å². The van der Waals surface area contributed by atoms with Crippen LogP contribution >= 0.6 is 15.9 Å². The maximum atomic E-state index is 11.4. The second kappa shape index (κ2) is 6.39. The average Bonchev–Trinajstić information content (AvgIpc) is 2.29.